The zero-order chi connectivity index (χ0) is 28.5. The molecule has 1 saturated heterocycles. The Bertz CT molecular complexity index is 1480. The van der Waals surface area contributed by atoms with Crippen molar-refractivity contribution < 1.29 is 29.2 Å². The van der Waals surface area contributed by atoms with Crippen LogP contribution in [-0.2, 0) is 17.6 Å². The quantitative estimate of drug-likeness (QED) is 0.496. The van der Waals surface area contributed by atoms with E-state index in [1.807, 2.05) is 14.0 Å². The van der Waals surface area contributed by atoms with Crippen molar-refractivity contribution in [1.29, 1.82) is 5.26 Å². The van der Waals surface area contributed by atoms with Gasteiger partial charge in [0, 0.05) is 40.9 Å². The molecule has 10 nitrogen and oxygen atoms in total. The summed E-state index contributed by atoms with van der Waals surface area (Å²) in [6.07, 6.45) is 4.11. The molecular weight excluding hydrogens is 512 g/mol. The number of allylic oxidation sites excluding steroid dienone is 1. The number of nitrogens with one attached hydrogen (secondary N) is 1. The molecule has 4 aliphatic rings. The maximum Gasteiger partial charge on any atom is 0.243 e. The molecule has 2 aromatic rings. The second-order valence-corrected chi connectivity index (χ2v) is 11.0. The van der Waals surface area contributed by atoms with E-state index in [2.05, 4.69) is 27.3 Å². The molecule has 1 unspecified atom stereocenters. The maximum absolute atomic E-state index is 12.6. The third-order valence-electron chi connectivity index (χ3n) is 9.08. The number of amides is 1. The van der Waals surface area contributed by atoms with E-state index >= 15 is 0 Å². The van der Waals surface area contributed by atoms with Crippen LogP contribution in [0.5, 0.6) is 28.7 Å². The Morgan fingerprint density at radius 3 is 2.65 bits per heavy atom. The van der Waals surface area contributed by atoms with Gasteiger partial charge in [-0.15, -0.1) is 0 Å². The van der Waals surface area contributed by atoms with Gasteiger partial charge in [0.25, 0.3) is 0 Å². The van der Waals surface area contributed by atoms with Crippen LogP contribution in [0.1, 0.15) is 52.4 Å². The van der Waals surface area contributed by atoms with Crippen LogP contribution in [0.2, 0.25) is 0 Å². The molecule has 0 saturated carbocycles. The molecule has 6 rings (SSSR count). The van der Waals surface area contributed by atoms with E-state index in [1.165, 1.54) is 6.08 Å². The Morgan fingerprint density at radius 2 is 1.95 bits per heavy atom. The van der Waals surface area contributed by atoms with Crippen molar-refractivity contribution in [3.63, 3.8) is 0 Å². The molecule has 0 spiro atoms. The highest BCUT2D eigenvalue weighted by atomic mass is 16.7. The lowest BCUT2D eigenvalue weighted by Crippen LogP contribution is -2.68. The van der Waals surface area contributed by atoms with E-state index in [-0.39, 0.29) is 48.9 Å². The number of ether oxygens (including phenoxy) is 3. The van der Waals surface area contributed by atoms with Crippen molar-refractivity contribution >= 4 is 5.91 Å². The number of methoxy groups -OCH3 is 1. The first-order chi connectivity index (χ1) is 19.2. The number of hydrogen-bond donors (Lipinski definition) is 3. The van der Waals surface area contributed by atoms with Crippen LogP contribution < -0.4 is 19.5 Å². The molecule has 1 amide bonds. The fourth-order valence-electron chi connectivity index (χ4n) is 7.45. The lowest BCUT2D eigenvalue weighted by atomic mass is 9.71. The third-order valence-corrected chi connectivity index (χ3v) is 9.08. The number of piperazine rings is 1. The molecule has 4 aliphatic heterocycles. The van der Waals surface area contributed by atoms with Crippen molar-refractivity contribution in [3.8, 4) is 34.8 Å². The van der Waals surface area contributed by atoms with Crippen LogP contribution in [0.4, 0.5) is 0 Å². The average Bonchev–Trinajstić information content (AvgIpc) is 3.41. The van der Waals surface area contributed by atoms with Gasteiger partial charge in [-0.05, 0) is 57.9 Å². The Hall–Kier alpha value is -3.94. The summed E-state index contributed by atoms with van der Waals surface area (Å²) in [5.41, 5.74) is 4.66. The first-order valence-electron chi connectivity index (χ1n) is 13.6. The zero-order valence-corrected chi connectivity index (χ0v) is 23.3. The highest BCUT2D eigenvalue weighted by molar-refractivity contribution is 5.87. The number of rotatable bonds is 4. The maximum atomic E-state index is 12.6. The van der Waals surface area contributed by atoms with Gasteiger partial charge < -0.3 is 29.7 Å². The average molecular weight is 547 g/mol. The van der Waals surface area contributed by atoms with Gasteiger partial charge in [-0.3, -0.25) is 14.6 Å². The molecule has 1 fully saturated rings. The SMILES string of the molecule is C/C=C/C(=O)NC[C@H]1c2c(c(O)c(C)c3c2OCO3)CC2[C@H]3c4c(cc(C)c(OC)c4O)C[C@@H]([C@H](C#N)N21)N3C. The van der Waals surface area contributed by atoms with Crippen molar-refractivity contribution in [2.24, 2.45) is 0 Å². The van der Waals surface area contributed by atoms with Crippen LogP contribution in [-0.4, -0.2) is 71.5 Å². The fraction of sp³-hybridized carbons (Fsp3) is 0.467. The number of carbonyl (C=O) groups excluding carboxylic acids is 1. The second kappa shape index (κ2) is 9.61. The molecule has 210 valence electrons. The number of likely N-dealkylation sites (N-methyl/N-ethyl adjacent to an activating group) is 1. The summed E-state index contributed by atoms with van der Waals surface area (Å²) in [7, 11) is 3.54. The number of fused-ring (bicyclic) bond motifs is 9. The molecule has 2 aromatic carbocycles. The standard InChI is InChI=1S/C30H34N4O6/c1-6-7-22(35)32-12-21-24-17(26(36)15(3)29-30(24)40-13-39-29)10-19-25-23-16(8-14(2)28(38-5)27(23)37)9-18(33(25)4)20(11-31)34(19)21/h6-8,18-21,25,36-37H,9-10,12-13H2,1-5H3,(H,32,35)/b7-6+/t18-,19?,20-,21-,25-/m0/s1. The molecule has 3 N–H and O–H groups in total. The molecule has 0 radical (unpaired) electrons. The minimum atomic E-state index is -0.526. The lowest BCUT2D eigenvalue weighted by Gasteiger charge is -2.60. The van der Waals surface area contributed by atoms with Crippen LogP contribution in [0.15, 0.2) is 18.2 Å². The van der Waals surface area contributed by atoms with Crippen LogP contribution in [0.25, 0.3) is 0 Å². The number of benzene rings is 2. The number of aromatic hydroxyl groups is 2. The predicted molar refractivity (Wildman–Crippen MR) is 146 cm³/mol. The smallest absolute Gasteiger partial charge is 0.243 e. The number of aryl methyl sites for hydroxylation is 1. The Labute approximate surface area is 233 Å². The predicted octanol–water partition coefficient (Wildman–Crippen LogP) is 2.92. The lowest BCUT2D eigenvalue weighted by molar-refractivity contribution is -0.117. The van der Waals surface area contributed by atoms with E-state index < -0.39 is 12.1 Å². The summed E-state index contributed by atoms with van der Waals surface area (Å²) < 4.78 is 17.3. The molecule has 0 aromatic heterocycles. The van der Waals surface area contributed by atoms with Gasteiger partial charge in [-0.25, -0.2) is 0 Å². The van der Waals surface area contributed by atoms with Gasteiger partial charge in [0.2, 0.25) is 12.7 Å². The normalized spacial score (nSPS) is 26.6. The van der Waals surface area contributed by atoms with Crippen molar-refractivity contribution in [1.82, 2.24) is 15.1 Å². The molecule has 5 atom stereocenters. The largest absolute Gasteiger partial charge is 0.507 e. The highest BCUT2D eigenvalue weighted by Gasteiger charge is 2.56. The fourth-order valence-corrected chi connectivity index (χ4v) is 7.45. The van der Waals surface area contributed by atoms with Gasteiger partial charge >= 0.3 is 0 Å². The van der Waals surface area contributed by atoms with E-state index in [0.29, 0.717) is 41.2 Å². The van der Waals surface area contributed by atoms with Crippen molar-refractivity contribution in [2.75, 3.05) is 27.5 Å². The summed E-state index contributed by atoms with van der Waals surface area (Å²) in [6.45, 7) is 5.71. The summed E-state index contributed by atoms with van der Waals surface area (Å²) in [4.78, 5) is 16.9. The Morgan fingerprint density at radius 1 is 1.20 bits per heavy atom. The van der Waals surface area contributed by atoms with Crippen molar-refractivity contribution in [2.45, 2.75) is 63.8 Å². The van der Waals surface area contributed by atoms with Gasteiger partial charge in [0.1, 0.15) is 11.8 Å². The van der Waals surface area contributed by atoms with Crippen LogP contribution in [0, 0.1) is 25.2 Å². The summed E-state index contributed by atoms with van der Waals surface area (Å²) in [5, 5.41) is 36.6. The topological polar surface area (TPSA) is 128 Å². The number of phenols is 2. The van der Waals surface area contributed by atoms with Gasteiger partial charge in [0.05, 0.1) is 25.3 Å². The minimum absolute atomic E-state index is 0.0310. The van der Waals surface area contributed by atoms with Crippen LogP contribution >= 0.6 is 0 Å². The molecular formula is C30H34N4O6. The molecule has 10 heteroatoms. The zero-order valence-electron chi connectivity index (χ0n) is 23.3. The first-order valence-corrected chi connectivity index (χ1v) is 13.6. The van der Waals surface area contributed by atoms with E-state index in [0.717, 1.165) is 22.3 Å². The number of carbonyl (C=O) groups is 1. The summed E-state index contributed by atoms with van der Waals surface area (Å²) in [5.74, 6) is 1.47. The van der Waals surface area contributed by atoms with E-state index in [1.54, 1.807) is 27.0 Å². The molecule has 2 bridgehead atoms. The number of phenolic OH excluding ortho intramolecular Hbond substituents is 2. The summed E-state index contributed by atoms with van der Waals surface area (Å²) in [6, 6.07) is 2.86. The minimum Gasteiger partial charge on any atom is -0.507 e. The monoisotopic (exact) mass is 546 g/mol. The molecule has 0 aliphatic carbocycles. The first kappa shape index (κ1) is 26.3. The number of hydrogen-bond acceptors (Lipinski definition) is 9. The van der Waals surface area contributed by atoms with Crippen molar-refractivity contribution in [3.05, 3.63) is 51.6 Å². The van der Waals surface area contributed by atoms with E-state index in [9.17, 15) is 20.3 Å². The van der Waals surface area contributed by atoms with E-state index in [4.69, 9.17) is 14.2 Å². The number of nitriles is 1. The molecule has 4 heterocycles. The number of nitrogens with zero attached hydrogens (tertiary/aromatic N) is 3. The second-order valence-electron chi connectivity index (χ2n) is 11.0. The van der Waals surface area contributed by atoms with Gasteiger partial charge in [-0.2, -0.15) is 5.26 Å². The molecule has 40 heavy (non-hydrogen) atoms. The van der Waals surface area contributed by atoms with Gasteiger partial charge in [-0.1, -0.05) is 12.1 Å². The highest BCUT2D eigenvalue weighted by Crippen LogP contribution is 2.58. The Kier molecular flexibility index (Phi) is 6.32. The van der Waals surface area contributed by atoms with Gasteiger partial charge in [0.15, 0.2) is 23.0 Å². The van der Waals surface area contributed by atoms with Crippen LogP contribution in [0.3, 0.4) is 0 Å². The summed E-state index contributed by atoms with van der Waals surface area (Å²) >= 11 is 0. The Balaban J connectivity index is 1.58. The third kappa shape index (κ3) is 3.57.